The lowest BCUT2D eigenvalue weighted by Gasteiger charge is -2.12. The smallest absolute Gasteiger partial charge is 0.208 e. The predicted molar refractivity (Wildman–Crippen MR) is 73.6 cm³/mol. The van der Waals surface area contributed by atoms with Crippen LogP contribution in [0.1, 0.15) is 30.9 Å². The van der Waals surface area contributed by atoms with E-state index in [9.17, 15) is 8.42 Å². The van der Waals surface area contributed by atoms with Gasteiger partial charge in [-0.15, -0.1) is 0 Å². The second kappa shape index (κ2) is 6.20. The van der Waals surface area contributed by atoms with Crippen LogP contribution < -0.4 is 9.46 Å². The van der Waals surface area contributed by atoms with E-state index in [2.05, 4.69) is 24.6 Å². The van der Waals surface area contributed by atoms with E-state index in [0.717, 1.165) is 17.6 Å². The molecular weight excluding hydrogens is 250 g/mol. The molecule has 0 aliphatic heterocycles. The third-order valence-electron chi connectivity index (χ3n) is 2.73. The van der Waals surface area contributed by atoms with Gasteiger partial charge in [0.2, 0.25) is 10.0 Å². The first-order valence-electron chi connectivity index (χ1n) is 5.95. The summed E-state index contributed by atoms with van der Waals surface area (Å²) in [6.45, 7) is 4.64. The van der Waals surface area contributed by atoms with Crippen molar-refractivity contribution in [1.82, 2.24) is 4.72 Å². The molecule has 0 atom stereocenters. The lowest BCUT2D eigenvalue weighted by Crippen LogP contribution is -2.24. The molecule has 0 fully saturated rings. The van der Waals surface area contributed by atoms with E-state index >= 15 is 0 Å². The van der Waals surface area contributed by atoms with Crippen LogP contribution in [0.4, 0.5) is 0 Å². The minimum atomic E-state index is -3.13. The molecule has 0 heterocycles. The number of sulfonamides is 1. The Hall–Kier alpha value is -1.07. The topological polar surface area (TPSA) is 55.4 Å². The summed E-state index contributed by atoms with van der Waals surface area (Å²) in [5.74, 6) is 1.24. The van der Waals surface area contributed by atoms with Crippen molar-refractivity contribution in [3.8, 4) is 5.75 Å². The number of hydrogen-bond donors (Lipinski definition) is 1. The van der Waals surface area contributed by atoms with Crippen LogP contribution in [-0.4, -0.2) is 28.3 Å². The van der Waals surface area contributed by atoms with Crippen LogP contribution in [-0.2, 0) is 16.4 Å². The zero-order chi connectivity index (χ0) is 13.8. The number of hydrogen-bond acceptors (Lipinski definition) is 3. The highest BCUT2D eigenvalue weighted by atomic mass is 32.2. The Morgan fingerprint density at radius 2 is 2.00 bits per heavy atom. The van der Waals surface area contributed by atoms with Crippen molar-refractivity contribution in [2.24, 2.45) is 0 Å². The maximum atomic E-state index is 11.0. The van der Waals surface area contributed by atoms with Crippen molar-refractivity contribution in [1.29, 1.82) is 0 Å². The van der Waals surface area contributed by atoms with Gasteiger partial charge in [0.05, 0.1) is 13.4 Å². The van der Waals surface area contributed by atoms with Crippen LogP contribution in [0.25, 0.3) is 0 Å². The molecule has 0 radical (unpaired) electrons. The lowest BCUT2D eigenvalue weighted by molar-refractivity contribution is 0.409. The highest BCUT2D eigenvalue weighted by Gasteiger charge is 2.08. The molecule has 5 heteroatoms. The fraction of sp³-hybridized carbons (Fsp3) is 0.538. The van der Waals surface area contributed by atoms with Crippen LogP contribution in [0.3, 0.4) is 0 Å². The van der Waals surface area contributed by atoms with Gasteiger partial charge in [-0.3, -0.25) is 0 Å². The summed E-state index contributed by atoms with van der Waals surface area (Å²) in [5, 5.41) is 0. The lowest BCUT2D eigenvalue weighted by atomic mass is 9.99. The summed E-state index contributed by atoms with van der Waals surface area (Å²) in [5.41, 5.74) is 2.25. The van der Waals surface area contributed by atoms with Gasteiger partial charge in [-0.2, -0.15) is 0 Å². The summed E-state index contributed by atoms with van der Waals surface area (Å²) < 4.78 is 29.8. The average molecular weight is 271 g/mol. The van der Waals surface area contributed by atoms with Crippen LogP contribution in [0.2, 0.25) is 0 Å². The maximum absolute atomic E-state index is 11.0. The minimum Gasteiger partial charge on any atom is -0.496 e. The van der Waals surface area contributed by atoms with E-state index in [1.165, 1.54) is 5.56 Å². The first-order chi connectivity index (χ1) is 8.33. The zero-order valence-corrected chi connectivity index (χ0v) is 12.2. The Kier molecular flexibility index (Phi) is 5.16. The quantitative estimate of drug-likeness (QED) is 0.860. The molecule has 0 aromatic heterocycles. The SMILES string of the molecule is COc1ccc(C(C)C)cc1CCNS(C)(=O)=O. The largest absolute Gasteiger partial charge is 0.496 e. The van der Waals surface area contributed by atoms with E-state index in [-0.39, 0.29) is 0 Å². The number of rotatable bonds is 6. The van der Waals surface area contributed by atoms with Gasteiger partial charge in [0, 0.05) is 6.54 Å². The number of ether oxygens (including phenoxy) is 1. The summed E-state index contributed by atoms with van der Waals surface area (Å²) >= 11 is 0. The molecule has 4 nitrogen and oxygen atoms in total. The van der Waals surface area contributed by atoms with Crippen LogP contribution in [0.15, 0.2) is 18.2 Å². The Morgan fingerprint density at radius 1 is 1.33 bits per heavy atom. The van der Waals surface area contributed by atoms with Crippen molar-refractivity contribution in [2.45, 2.75) is 26.2 Å². The van der Waals surface area contributed by atoms with Crippen LogP contribution in [0, 0.1) is 0 Å². The first-order valence-corrected chi connectivity index (χ1v) is 7.84. The van der Waals surface area contributed by atoms with Gasteiger partial charge >= 0.3 is 0 Å². The standard InChI is InChI=1S/C13H21NO3S/c1-10(2)11-5-6-13(17-3)12(9-11)7-8-14-18(4,15)16/h5-6,9-10,14H,7-8H2,1-4H3. The summed E-state index contributed by atoms with van der Waals surface area (Å²) in [6, 6.07) is 6.05. The van der Waals surface area contributed by atoms with Crippen molar-refractivity contribution >= 4 is 10.0 Å². The Morgan fingerprint density at radius 3 is 2.50 bits per heavy atom. The van der Waals surface area contributed by atoms with Crippen molar-refractivity contribution in [2.75, 3.05) is 19.9 Å². The molecule has 0 saturated carbocycles. The molecule has 1 N–H and O–H groups in total. The molecule has 0 saturated heterocycles. The third kappa shape index (κ3) is 4.66. The fourth-order valence-electron chi connectivity index (χ4n) is 1.72. The molecule has 18 heavy (non-hydrogen) atoms. The van der Waals surface area contributed by atoms with Gasteiger partial charge in [0.25, 0.3) is 0 Å². The second-order valence-electron chi connectivity index (χ2n) is 4.64. The van der Waals surface area contributed by atoms with E-state index in [1.807, 2.05) is 12.1 Å². The number of nitrogens with one attached hydrogen (secondary N) is 1. The summed E-state index contributed by atoms with van der Waals surface area (Å²) in [4.78, 5) is 0. The highest BCUT2D eigenvalue weighted by molar-refractivity contribution is 7.88. The second-order valence-corrected chi connectivity index (χ2v) is 6.48. The number of benzene rings is 1. The van der Waals surface area contributed by atoms with Crippen LogP contribution >= 0.6 is 0 Å². The van der Waals surface area contributed by atoms with Crippen molar-refractivity contribution in [3.05, 3.63) is 29.3 Å². The van der Waals surface area contributed by atoms with Gasteiger partial charge in [-0.25, -0.2) is 13.1 Å². The highest BCUT2D eigenvalue weighted by Crippen LogP contribution is 2.24. The van der Waals surface area contributed by atoms with E-state index in [1.54, 1.807) is 7.11 Å². The zero-order valence-electron chi connectivity index (χ0n) is 11.4. The monoisotopic (exact) mass is 271 g/mol. The van der Waals surface area contributed by atoms with E-state index in [4.69, 9.17) is 4.74 Å². The summed E-state index contributed by atoms with van der Waals surface area (Å²) in [6.07, 6.45) is 1.78. The average Bonchev–Trinajstić information content (AvgIpc) is 2.27. The molecule has 1 rings (SSSR count). The van der Waals surface area contributed by atoms with Gasteiger partial charge in [0.15, 0.2) is 0 Å². The number of methoxy groups -OCH3 is 1. The normalized spacial score (nSPS) is 11.8. The van der Waals surface area contributed by atoms with E-state index in [0.29, 0.717) is 18.9 Å². The Balaban J connectivity index is 2.81. The van der Waals surface area contributed by atoms with Crippen molar-refractivity contribution < 1.29 is 13.2 Å². The maximum Gasteiger partial charge on any atom is 0.208 e. The molecule has 1 aromatic rings. The molecule has 0 bridgehead atoms. The van der Waals surface area contributed by atoms with Gasteiger partial charge < -0.3 is 4.74 Å². The van der Waals surface area contributed by atoms with E-state index < -0.39 is 10.0 Å². The summed E-state index contributed by atoms with van der Waals surface area (Å²) in [7, 11) is -1.51. The van der Waals surface area contributed by atoms with Gasteiger partial charge in [-0.05, 0) is 29.5 Å². The van der Waals surface area contributed by atoms with Gasteiger partial charge in [-0.1, -0.05) is 26.0 Å². The Labute approximate surface area is 109 Å². The molecule has 0 aliphatic rings. The molecule has 1 aromatic carbocycles. The molecule has 0 amide bonds. The van der Waals surface area contributed by atoms with Gasteiger partial charge in [0.1, 0.15) is 5.75 Å². The fourth-order valence-corrected chi connectivity index (χ4v) is 2.20. The third-order valence-corrected chi connectivity index (χ3v) is 3.46. The molecule has 0 unspecified atom stereocenters. The predicted octanol–water partition coefficient (Wildman–Crippen LogP) is 1.91. The Bertz CT molecular complexity index is 495. The molecule has 0 spiro atoms. The molecule has 102 valence electrons. The van der Waals surface area contributed by atoms with Crippen molar-refractivity contribution in [3.63, 3.8) is 0 Å². The first kappa shape index (κ1) is 15.0. The molecule has 0 aliphatic carbocycles. The minimum absolute atomic E-state index is 0.386. The van der Waals surface area contributed by atoms with Crippen LogP contribution in [0.5, 0.6) is 5.75 Å². The molecular formula is C13H21NO3S.